The van der Waals surface area contributed by atoms with Crippen molar-refractivity contribution in [3.05, 3.63) is 170 Å². The van der Waals surface area contributed by atoms with Crippen LogP contribution in [0.2, 0.25) is 0 Å². The molecule has 0 N–H and O–H groups in total. The Morgan fingerprint density at radius 3 is 0.920 bits per heavy atom. The van der Waals surface area contributed by atoms with E-state index in [-0.39, 0.29) is 0 Å². The Labute approximate surface area is 286 Å². The molecule has 0 radical (unpaired) electrons. The van der Waals surface area contributed by atoms with Crippen LogP contribution < -0.4 is 0 Å². The molecular weight excluding hydrogens is 613 g/mol. The van der Waals surface area contributed by atoms with Gasteiger partial charge in [0.1, 0.15) is 11.3 Å². The summed E-state index contributed by atoms with van der Waals surface area (Å²) in [6.45, 7) is 0. The smallest absolute Gasteiger partial charge is 0.161 e. The van der Waals surface area contributed by atoms with Crippen molar-refractivity contribution in [1.82, 2.24) is 28.5 Å². The lowest BCUT2D eigenvalue weighted by molar-refractivity contribution is 0.893. The Kier molecular flexibility index (Phi) is 5.57. The van der Waals surface area contributed by atoms with Crippen LogP contribution in [-0.2, 0) is 0 Å². The van der Waals surface area contributed by atoms with Gasteiger partial charge in [0.25, 0.3) is 0 Å². The van der Waals surface area contributed by atoms with Crippen LogP contribution in [0.25, 0.3) is 88.7 Å². The predicted octanol–water partition coefficient (Wildman–Crippen LogP) is 10.6. The zero-order chi connectivity index (χ0) is 32.8. The zero-order valence-electron chi connectivity index (χ0n) is 26.8. The number of fused-ring (bicyclic) bond motifs is 10. The minimum absolute atomic E-state index is 0.760. The van der Waals surface area contributed by atoms with Gasteiger partial charge in [-0.25, -0.2) is 0 Å². The normalized spacial score (nSPS) is 12.0. The maximum absolute atomic E-state index is 5.02. The SMILES string of the molecule is c1ccc(-n2c3ccccc3c3c4ccccc4n(-c4ccc(-n5c6ccccc6c6c7ccccc7n(-c7ccccc7)c65)nn4)c32)cc1. The first kappa shape index (κ1) is 27.1. The van der Waals surface area contributed by atoms with Crippen LogP contribution in [0.4, 0.5) is 0 Å². The molecule has 0 unspecified atom stereocenters. The number of para-hydroxylation sites is 6. The Morgan fingerprint density at radius 1 is 0.280 bits per heavy atom. The van der Waals surface area contributed by atoms with Crippen molar-refractivity contribution in [2.24, 2.45) is 0 Å². The summed E-state index contributed by atoms with van der Waals surface area (Å²) in [4.78, 5) is 0. The van der Waals surface area contributed by atoms with Gasteiger partial charge in [-0.05, 0) is 60.7 Å². The Bertz CT molecular complexity index is 2860. The molecule has 6 aromatic carbocycles. The Balaban J connectivity index is 1.21. The molecule has 6 heteroatoms. The van der Waals surface area contributed by atoms with Crippen molar-refractivity contribution in [2.75, 3.05) is 0 Å². The number of aromatic nitrogens is 6. The average Bonchev–Trinajstić information content (AvgIpc) is 3.90. The summed E-state index contributed by atoms with van der Waals surface area (Å²) in [6.07, 6.45) is 0. The maximum Gasteiger partial charge on any atom is 0.161 e. The van der Waals surface area contributed by atoms with Crippen LogP contribution in [0.5, 0.6) is 0 Å². The van der Waals surface area contributed by atoms with Crippen LogP contribution >= 0.6 is 0 Å². The summed E-state index contributed by atoms with van der Waals surface area (Å²) < 4.78 is 9.22. The molecule has 6 nitrogen and oxygen atoms in total. The maximum atomic E-state index is 5.02. The number of nitrogens with zero attached hydrogens (tertiary/aromatic N) is 6. The molecule has 0 spiro atoms. The zero-order valence-corrected chi connectivity index (χ0v) is 26.8. The van der Waals surface area contributed by atoms with Crippen LogP contribution in [0, 0.1) is 0 Å². The molecule has 0 aliphatic heterocycles. The predicted molar refractivity (Wildman–Crippen MR) is 204 cm³/mol. The summed E-state index contributed by atoms with van der Waals surface area (Å²) in [5.41, 5.74) is 8.83. The molecule has 0 fully saturated rings. The molecule has 0 atom stereocenters. The van der Waals surface area contributed by atoms with Gasteiger partial charge < -0.3 is 0 Å². The molecule has 50 heavy (non-hydrogen) atoms. The van der Waals surface area contributed by atoms with E-state index in [1.54, 1.807) is 0 Å². The van der Waals surface area contributed by atoms with Crippen molar-refractivity contribution in [1.29, 1.82) is 0 Å². The van der Waals surface area contributed by atoms with E-state index in [0.717, 1.165) is 56.4 Å². The van der Waals surface area contributed by atoms with Gasteiger partial charge in [0.2, 0.25) is 0 Å². The quantitative estimate of drug-likeness (QED) is 0.192. The molecule has 234 valence electrons. The number of benzene rings is 6. The van der Waals surface area contributed by atoms with Crippen molar-refractivity contribution < 1.29 is 0 Å². The van der Waals surface area contributed by atoms with Crippen LogP contribution in [-0.4, -0.2) is 28.5 Å². The highest BCUT2D eigenvalue weighted by atomic mass is 15.3. The Morgan fingerprint density at radius 2 is 0.580 bits per heavy atom. The second kappa shape index (κ2) is 10.3. The average molecular weight is 641 g/mol. The van der Waals surface area contributed by atoms with E-state index in [1.165, 1.54) is 32.3 Å². The molecule has 0 saturated heterocycles. The van der Waals surface area contributed by atoms with E-state index in [9.17, 15) is 0 Å². The minimum atomic E-state index is 0.760. The van der Waals surface area contributed by atoms with E-state index in [1.807, 2.05) is 0 Å². The van der Waals surface area contributed by atoms with Crippen molar-refractivity contribution in [3.63, 3.8) is 0 Å². The lowest BCUT2D eigenvalue weighted by atomic mass is 10.1. The first-order valence-corrected chi connectivity index (χ1v) is 16.9. The highest BCUT2D eigenvalue weighted by Gasteiger charge is 2.25. The van der Waals surface area contributed by atoms with Gasteiger partial charge in [-0.15, -0.1) is 10.2 Å². The molecular formula is C44H28N6. The monoisotopic (exact) mass is 640 g/mol. The first-order valence-electron chi connectivity index (χ1n) is 16.9. The molecule has 0 aliphatic rings. The minimum Gasteiger partial charge on any atom is -0.295 e. The summed E-state index contributed by atoms with van der Waals surface area (Å²) in [5, 5.41) is 17.2. The molecule has 0 saturated carbocycles. The summed E-state index contributed by atoms with van der Waals surface area (Å²) in [5.74, 6) is 1.52. The molecule has 11 aromatic rings. The molecule has 0 amide bonds. The van der Waals surface area contributed by atoms with Crippen molar-refractivity contribution >= 4 is 65.7 Å². The first-order chi connectivity index (χ1) is 24.9. The van der Waals surface area contributed by atoms with Gasteiger partial charge in [-0.2, -0.15) is 0 Å². The highest BCUT2D eigenvalue weighted by molar-refractivity contribution is 6.23. The lowest BCUT2D eigenvalue weighted by Gasteiger charge is -2.14. The number of hydrogen-bond acceptors (Lipinski definition) is 2. The molecule has 5 aromatic heterocycles. The third-order valence-corrected chi connectivity index (χ3v) is 10.1. The lowest BCUT2D eigenvalue weighted by Crippen LogP contribution is -2.07. The van der Waals surface area contributed by atoms with Crippen LogP contribution in [0.1, 0.15) is 0 Å². The third-order valence-electron chi connectivity index (χ3n) is 10.1. The van der Waals surface area contributed by atoms with E-state index in [4.69, 9.17) is 10.2 Å². The largest absolute Gasteiger partial charge is 0.295 e. The second-order valence-electron chi connectivity index (χ2n) is 12.7. The fourth-order valence-electron chi connectivity index (χ4n) is 8.09. The fraction of sp³-hybridized carbons (Fsp3) is 0. The van der Waals surface area contributed by atoms with E-state index in [2.05, 4.69) is 188 Å². The Hall–Kier alpha value is -6.92. The van der Waals surface area contributed by atoms with Crippen LogP contribution in [0.3, 0.4) is 0 Å². The number of hydrogen-bond donors (Lipinski definition) is 0. The topological polar surface area (TPSA) is 45.5 Å². The highest BCUT2D eigenvalue weighted by Crippen LogP contribution is 2.42. The van der Waals surface area contributed by atoms with Gasteiger partial charge >= 0.3 is 0 Å². The van der Waals surface area contributed by atoms with Gasteiger partial charge in [0, 0.05) is 43.7 Å². The summed E-state index contributed by atoms with van der Waals surface area (Å²) in [7, 11) is 0. The molecule has 0 bridgehead atoms. The van der Waals surface area contributed by atoms with Gasteiger partial charge in [-0.3, -0.25) is 18.3 Å². The number of rotatable bonds is 4. The van der Waals surface area contributed by atoms with Gasteiger partial charge in [-0.1, -0.05) is 109 Å². The molecule has 11 rings (SSSR count). The van der Waals surface area contributed by atoms with E-state index in [0.29, 0.717) is 0 Å². The second-order valence-corrected chi connectivity index (χ2v) is 12.7. The van der Waals surface area contributed by atoms with E-state index < -0.39 is 0 Å². The van der Waals surface area contributed by atoms with Crippen molar-refractivity contribution in [2.45, 2.75) is 0 Å². The summed E-state index contributed by atoms with van der Waals surface area (Å²) >= 11 is 0. The van der Waals surface area contributed by atoms with Crippen LogP contribution in [0.15, 0.2) is 170 Å². The standard InChI is InChI=1S/C44H28N6/c1-3-15-29(16-4-1)47-35-23-11-7-19-31(35)41-33-21-9-13-25-37(33)49(43(41)47)39-27-28-40(46-45-39)50-38-26-14-10-22-34(38)42-32-20-8-12-24-36(32)48(44(42)50)30-17-5-2-6-18-30/h1-28H. The van der Waals surface area contributed by atoms with Gasteiger partial charge in [0.15, 0.2) is 11.6 Å². The molecule has 0 aliphatic carbocycles. The fourth-order valence-corrected chi connectivity index (χ4v) is 8.09. The van der Waals surface area contributed by atoms with Gasteiger partial charge in [0.05, 0.1) is 22.1 Å². The summed E-state index contributed by atoms with van der Waals surface area (Å²) in [6, 6.07) is 59.9. The molecule has 5 heterocycles. The van der Waals surface area contributed by atoms with E-state index >= 15 is 0 Å². The third kappa shape index (κ3) is 3.62. The van der Waals surface area contributed by atoms with Crippen molar-refractivity contribution in [3.8, 4) is 23.0 Å².